The molecule has 2 aromatic rings. The van der Waals surface area contributed by atoms with Crippen LogP contribution in [-0.4, -0.2) is 16.9 Å². The number of hydrogen-bond donors (Lipinski definition) is 2. The maximum atomic E-state index is 13.5. The molecule has 1 fully saturated rings. The summed E-state index contributed by atoms with van der Waals surface area (Å²) in [6, 6.07) is 6.71. The maximum Gasteiger partial charge on any atom is 0.270 e. The van der Waals surface area contributed by atoms with Crippen molar-refractivity contribution in [3.8, 4) is 0 Å². The van der Waals surface area contributed by atoms with E-state index in [0.717, 1.165) is 25.0 Å². The summed E-state index contributed by atoms with van der Waals surface area (Å²) in [6.07, 6.45) is 3.45. The Labute approximate surface area is 120 Å². The number of rotatable bonds is 4. The third kappa shape index (κ3) is 3.34. The largest absolute Gasteiger partial charge is 0.352 e. The number of nitrogens with one attached hydrogen (secondary N) is 2. The number of aromatic nitrogens is 1. The fraction of sp³-hybridized carbons (Fsp3) is 0.200. The van der Waals surface area contributed by atoms with Gasteiger partial charge in [-0.15, -0.1) is 0 Å². The molecule has 1 aliphatic carbocycles. The average Bonchev–Trinajstić information content (AvgIpc) is 3.26. The normalized spacial score (nSPS) is 13.8. The second-order valence-electron chi connectivity index (χ2n) is 4.93. The number of halogens is 2. The van der Waals surface area contributed by atoms with Gasteiger partial charge in [0.25, 0.3) is 5.91 Å². The van der Waals surface area contributed by atoms with Gasteiger partial charge in [-0.2, -0.15) is 0 Å². The first-order valence-corrected chi connectivity index (χ1v) is 6.61. The van der Waals surface area contributed by atoms with Crippen LogP contribution in [0, 0.1) is 11.6 Å². The molecule has 0 radical (unpaired) electrons. The van der Waals surface area contributed by atoms with Gasteiger partial charge in [-0.25, -0.2) is 13.8 Å². The Balaban J connectivity index is 1.70. The molecule has 6 heteroatoms. The number of hydrogen-bond acceptors (Lipinski definition) is 3. The Kier molecular flexibility index (Phi) is 3.51. The molecule has 1 aromatic carbocycles. The van der Waals surface area contributed by atoms with Crippen molar-refractivity contribution in [2.75, 3.05) is 5.32 Å². The molecule has 0 spiro atoms. The molecule has 3 rings (SSSR count). The van der Waals surface area contributed by atoms with Crippen LogP contribution in [0.4, 0.5) is 20.2 Å². The highest BCUT2D eigenvalue weighted by atomic mass is 19.1. The first-order valence-electron chi connectivity index (χ1n) is 6.61. The SMILES string of the molecule is O=C(NC1CC1)c1ccc(Nc2ccc(F)cc2F)cn1. The Morgan fingerprint density at radius 2 is 2.00 bits per heavy atom. The van der Waals surface area contributed by atoms with Crippen molar-refractivity contribution in [3.63, 3.8) is 0 Å². The van der Waals surface area contributed by atoms with Gasteiger partial charge in [0.1, 0.15) is 17.3 Å². The van der Waals surface area contributed by atoms with Crippen LogP contribution in [0.2, 0.25) is 0 Å². The second-order valence-corrected chi connectivity index (χ2v) is 4.93. The molecule has 0 aliphatic heterocycles. The molecule has 4 nitrogen and oxygen atoms in total. The van der Waals surface area contributed by atoms with Gasteiger partial charge in [-0.3, -0.25) is 4.79 Å². The zero-order valence-electron chi connectivity index (χ0n) is 11.1. The van der Waals surface area contributed by atoms with Gasteiger partial charge in [0, 0.05) is 12.1 Å². The molecular weight excluding hydrogens is 276 g/mol. The molecule has 2 N–H and O–H groups in total. The minimum absolute atomic E-state index is 0.147. The van der Waals surface area contributed by atoms with E-state index in [-0.39, 0.29) is 17.6 Å². The summed E-state index contributed by atoms with van der Waals surface area (Å²) in [5.74, 6) is -1.54. The van der Waals surface area contributed by atoms with E-state index in [2.05, 4.69) is 15.6 Å². The molecule has 108 valence electrons. The van der Waals surface area contributed by atoms with Crippen molar-refractivity contribution < 1.29 is 13.6 Å². The van der Waals surface area contributed by atoms with E-state index in [9.17, 15) is 13.6 Å². The second kappa shape index (κ2) is 5.47. The number of pyridine rings is 1. The quantitative estimate of drug-likeness (QED) is 0.909. The summed E-state index contributed by atoms with van der Waals surface area (Å²) in [6.45, 7) is 0. The first-order chi connectivity index (χ1) is 10.1. The molecule has 1 heterocycles. The predicted octanol–water partition coefficient (Wildman–Crippen LogP) is 3.00. The first kappa shape index (κ1) is 13.5. The van der Waals surface area contributed by atoms with Gasteiger partial charge < -0.3 is 10.6 Å². The fourth-order valence-corrected chi connectivity index (χ4v) is 1.84. The van der Waals surface area contributed by atoms with Crippen LogP contribution in [0.5, 0.6) is 0 Å². The van der Waals surface area contributed by atoms with Crippen molar-refractivity contribution in [1.82, 2.24) is 10.3 Å². The van der Waals surface area contributed by atoms with E-state index < -0.39 is 11.6 Å². The van der Waals surface area contributed by atoms with Gasteiger partial charge >= 0.3 is 0 Å². The van der Waals surface area contributed by atoms with Crippen molar-refractivity contribution in [2.45, 2.75) is 18.9 Å². The summed E-state index contributed by atoms with van der Waals surface area (Å²) in [4.78, 5) is 15.8. The van der Waals surface area contributed by atoms with Crippen LogP contribution in [0.15, 0.2) is 36.5 Å². The molecule has 0 atom stereocenters. The lowest BCUT2D eigenvalue weighted by Crippen LogP contribution is -2.26. The molecule has 0 bridgehead atoms. The van der Waals surface area contributed by atoms with Crippen molar-refractivity contribution in [2.24, 2.45) is 0 Å². The fourth-order valence-electron chi connectivity index (χ4n) is 1.84. The molecule has 1 aliphatic rings. The zero-order valence-corrected chi connectivity index (χ0v) is 11.1. The van der Waals surface area contributed by atoms with E-state index >= 15 is 0 Å². The van der Waals surface area contributed by atoms with E-state index in [0.29, 0.717) is 11.4 Å². The number of carbonyl (C=O) groups is 1. The number of benzene rings is 1. The summed E-state index contributed by atoms with van der Waals surface area (Å²) >= 11 is 0. The molecule has 0 saturated heterocycles. The lowest BCUT2D eigenvalue weighted by Gasteiger charge is -2.08. The molecule has 1 saturated carbocycles. The molecule has 1 aromatic heterocycles. The average molecular weight is 289 g/mol. The number of nitrogens with zero attached hydrogens (tertiary/aromatic N) is 1. The monoisotopic (exact) mass is 289 g/mol. The van der Waals surface area contributed by atoms with Crippen LogP contribution in [0.3, 0.4) is 0 Å². The molecular formula is C15H13F2N3O. The van der Waals surface area contributed by atoms with Crippen LogP contribution < -0.4 is 10.6 Å². The van der Waals surface area contributed by atoms with Gasteiger partial charge in [-0.05, 0) is 37.1 Å². The summed E-state index contributed by atoms with van der Waals surface area (Å²) < 4.78 is 26.3. The van der Waals surface area contributed by atoms with E-state index in [1.54, 1.807) is 12.1 Å². The Morgan fingerprint density at radius 1 is 1.19 bits per heavy atom. The standard InChI is InChI=1S/C15H13F2N3O/c16-9-1-5-13(12(17)7-9)19-11-4-6-14(18-8-11)15(21)20-10-2-3-10/h1,4-8,10,19H,2-3H2,(H,20,21). The smallest absolute Gasteiger partial charge is 0.270 e. The van der Waals surface area contributed by atoms with E-state index in [1.807, 2.05) is 0 Å². The minimum Gasteiger partial charge on any atom is -0.352 e. The van der Waals surface area contributed by atoms with Crippen molar-refractivity contribution in [1.29, 1.82) is 0 Å². The van der Waals surface area contributed by atoms with Gasteiger partial charge in [0.05, 0.1) is 17.6 Å². The summed E-state index contributed by atoms with van der Waals surface area (Å²) in [5.41, 5.74) is 0.976. The van der Waals surface area contributed by atoms with E-state index in [1.165, 1.54) is 12.3 Å². The third-order valence-electron chi connectivity index (χ3n) is 3.12. The molecule has 0 unspecified atom stereocenters. The van der Waals surface area contributed by atoms with Crippen LogP contribution in [0.1, 0.15) is 23.3 Å². The number of carbonyl (C=O) groups excluding carboxylic acids is 1. The lowest BCUT2D eigenvalue weighted by atomic mass is 10.2. The third-order valence-corrected chi connectivity index (χ3v) is 3.12. The van der Waals surface area contributed by atoms with E-state index in [4.69, 9.17) is 0 Å². The Hall–Kier alpha value is -2.50. The van der Waals surface area contributed by atoms with Gasteiger partial charge in [0.2, 0.25) is 0 Å². The summed E-state index contributed by atoms with van der Waals surface area (Å²) in [5, 5.41) is 5.61. The molecule has 21 heavy (non-hydrogen) atoms. The molecule has 1 amide bonds. The Morgan fingerprint density at radius 3 is 2.62 bits per heavy atom. The van der Waals surface area contributed by atoms with Gasteiger partial charge in [-0.1, -0.05) is 0 Å². The van der Waals surface area contributed by atoms with Gasteiger partial charge in [0.15, 0.2) is 0 Å². The highest BCUT2D eigenvalue weighted by Gasteiger charge is 2.24. The maximum absolute atomic E-state index is 13.5. The Bertz CT molecular complexity index is 669. The van der Waals surface area contributed by atoms with Crippen LogP contribution in [-0.2, 0) is 0 Å². The topological polar surface area (TPSA) is 54.0 Å². The minimum atomic E-state index is -0.689. The number of amides is 1. The highest BCUT2D eigenvalue weighted by molar-refractivity contribution is 5.92. The highest BCUT2D eigenvalue weighted by Crippen LogP contribution is 2.21. The van der Waals surface area contributed by atoms with Crippen molar-refractivity contribution >= 4 is 17.3 Å². The number of anilines is 2. The predicted molar refractivity (Wildman–Crippen MR) is 74.4 cm³/mol. The van der Waals surface area contributed by atoms with Crippen LogP contribution >= 0.6 is 0 Å². The lowest BCUT2D eigenvalue weighted by molar-refractivity contribution is 0.0946. The zero-order chi connectivity index (χ0) is 14.8. The van der Waals surface area contributed by atoms with Crippen molar-refractivity contribution in [3.05, 3.63) is 53.9 Å². The summed E-state index contributed by atoms with van der Waals surface area (Å²) in [7, 11) is 0. The van der Waals surface area contributed by atoms with Crippen LogP contribution in [0.25, 0.3) is 0 Å².